The van der Waals surface area contributed by atoms with Crippen molar-refractivity contribution in [1.29, 1.82) is 2.47 Å². The van der Waals surface area contributed by atoms with Gasteiger partial charge in [-0.15, -0.1) is 0 Å². The van der Waals surface area contributed by atoms with Gasteiger partial charge in [-0.2, -0.15) is 0 Å². The molecular formula is C5H14Si. The SMILES string of the molecule is [2H]C([2H])([2H])[Si]([2H])([2H])CCCC. The lowest BCUT2D eigenvalue weighted by Gasteiger charge is -1.85. The Morgan fingerprint density at radius 1 is 2.00 bits per heavy atom. The number of rotatable bonds is 3. The molecule has 1 heteroatoms. The summed E-state index contributed by atoms with van der Waals surface area (Å²) >= 11 is 0. The van der Waals surface area contributed by atoms with Gasteiger partial charge in [0.05, 0.1) is 0 Å². The quantitative estimate of drug-likeness (QED) is 0.479. The lowest BCUT2D eigenvalue weighted by atomic mass is 10.4. The van der Waals surface area contributed by atoms with Crippen LogP contribution in [-0.2, 0) is 0 Å². The molecule has 0 bridgehead atoms. The summed E-state index contributed by atoms with van der Waals surface area (Å²) < 4.78 is 35.4. The second-order valence-corrected chi connectivity index (χ2v) is 2.13. The Morgan fingerprint density at radius 3 is 3.33 bits per heavy atom. The Labute approximate surface area is 49.4 Å². The van der Waals surface area contributed by atoms with E-state index in [0.717, 1.165) is 6.42 Å². The van der Waals surface area contributed by atoms with Gasteiger partial charge in [0, 0.05) is 16.0 Å². The Balaban J connectivity index is 4.00. The molecule has 0 heterocycles. The maximum atomic E-state index is 7.32. The number of hydrogen-bond donors (Lipinski definition) is 0. The zero-order valence-electron chi connectivity index (χ0n) is 9.12. The van der Waals surface area contributed by atoms with E-state index in [0.29, 0.717) is 6.42 Å². The largest absolute Gasteiger partial charge is 0.0748 e. The van der Waals surface area contributed by atoms with Gasteiger partial charge in [0.2, 0.25) is 0 Å². The van der Waals surface area contributed by atoms with E-state index in [4.69, 9.17) is 6.58 Å². The standard InChI is InChI=1S/C5H14Si/c1-3-4-5-6-2/h3-6H2,1-2H3/i2D3,6D2. The average Bonchev–Trinajstić information content (AvgIpc) is 1.81. The Morgan fingerprint density at radius 2 is 2.83 bits per heavy atom. The van der Waals surface area contributed by atoms with Gasteiger partial charge in [-0.3, -0.25) is 0 Å². The van der Waals surface area contributed by atoms with Crippen LogP contribution in [0.4, 0.5) is 0 Å². The van der Waals surface area contributed by atoms with Crippen LogP contribution in [0.15, 0.2) is 0 Å². The first kappa shape index (κ1) is 1.62. The fourth-order valence-electron chi connectivity index (χ4n) is 0.265. The molecule has 0 aliphatic heterocycles. The molecule has 0 amide bonds. The molecule has 0 atom stereocenters. The molecular weight excluding hydrogens is 88.1 g/mol. The first-order valence-corrected chi connectivity index (χ1v) is 3.52. The highest BCUT2D eigenvalue weighted by molar-refractivity contribution is 6.33. The highest BCUT2D eigenvalue weighted by Gasteiger charge is 1.76. The zero-order chi connectivity index (χ0) is 9.12. The fraction of sp³-hybridized carbons (Fsp3) is 1.00. The smallest absolute Gasteiger partial charge is 0.0193 e. The van der Waals surface area contributed by atoms with E-state index in [1.54, 1.807) is 0 Å². The first-order valence-electron chi connectivity index (χ1n) is 4.81. The van der Waals surface area contributed by atoms with Crippen LogP contribution >= 0.6 is 0 Å². The Bertz CT molecular complexity index is 119. The van der Waals surface area contributed by atoms with Crippen LogP contribution in [0.1, 0.15) is 23.9 Å². The molecule has 38 valence electrons. The highest BCUT2D eigenvalue weighted by atomic mass is 28.2. The summed E-state index contributed by atoms with van der Waals surface area (Å²) in [5.74, 6) is 0. The van der Waals surface area contributed by atoms with Crippen LogP contribution in [0.5, 0.6) is 0 Å². The molecule has 0 radical (unpaired) electrons. The van der Waals surface area contributed by atoms with E-state index in [1.165, 1.54) is 0 Å². The fourth-order valence-corrected chi connectivity index (χ4v) is 0.795. The van der Waals surface area contributed by atoms with Gasteiger partial charge in [-0.05, 0) is 0 Å². The monoisotopic (exact) mass is 107 g/mol. The van der Waals surface area contributed by atoms with Crippen molar-refractivity contribution in [3.63, 3.8) is 0 Å². The third kappa shape index (κ3) is 4.22. The van der Waals surface area contributed by atoms with Crippen molar-refractivity contribution in [2.24, 2.45) is 0 Å². The predicted octanol–water partition coefficient (Wildman–Crippen LogP) is 1.42. The summed E-state index contributed by atoms with van der Waals surface area (Å²) in [6.45, 7) is -0.397. The maximum absolute atomic E-state index is 7.32. The van der Waals surface area contributed by atoms with E-state index in [2.05, 4.69) is 0 Å². The summed E-state index contributed by atoms with van der Waals surface area (Å²) in [5, 5.41) is 0. The Hall–Kier alpha value is 0.217. The van der Waals surface area contributed by atoms with Crippen molar-refractivity contribution in [1.82, 2.24) is 0 Å². The molecule has 0 nitrogen and oxygen atoms in total. The second-order valence-electron chi connectivity index (χ2n) is 1.28. The molecule has 0 aromatic rings. The third-order valence-corrected chi connectivity index (χ3v) is 1.26. The van der Waals surface area contributed by atoms with E-state index in [9.17, 15) is 0 Å². The molecule has 0 aromatic carbocycles. The minimum atomic E-state index is -3.43. The summed E-state index contributed by atoms with van der Waals surface area (Å²) in [6, 6.07) is 0.264. The number of unbranched alkanes of at least 4 members (excludes halogenated alkanes) is 1. The van der Waals surface area contributed by atoms with Crippen molar-refractivity contribution in [2.75, 3.05) is 0 Å². The van der Waals surface area contributed by atoms with E-state index in [-0.39, 0.29) is 6.04 Å². The summed E-state index contributed by atoms with van der Waals surface area (Å²) in [5.41, 5.74) is 0. The molecule has 0 saturated carbocycles. The molecule has 0 spiro atoms. The molecule has 0 unspecified atom stereocenters. The van der Waals surface area contributed by atoms with Crippen molar-refractivity contribution in [3.05, 3.63) is 0 Å². The maximum Gasteiger partial charge on any atom is 0.0193 e. The lowest BCUT2D eigenvalue weighted by molar-refractivity contribution is 0.880. The predicted molar refractivity (Wildman–Crippen MR) is 34.1 cm³/mol. The summed E-state index contributed by atoms with van der Waals surface area (Å²) in [4.78, 5) is 0. The van der Waals surface area contributed by atoms with Gasteiger partial charge in [-0.25, -0.2) is 0 Å². The van der Waals surface area contributed by atoms with Crippen molar-refractivity contribution < 1.29 is 4.11 Å². The zero-order valence-corrected chi connectivity index (χ0v) is 5.12. The molecule has 0 aliphatic rings. The van der Waals surface area contributed by atoms with Crippen LogP contribution in [0.2, 0.25) is 12.5 Å². The van der Waals surface area contributed by atoms with Crippen LogP contribution in [0, 0.1) is 0 Å². The molecule has 0 saturated heterocycles. The highest BCUT2D eigenvalue weighted by Crippen LogP contribution is 1.90. The van der Waals surface area contributed by atoms with Crippen molar-refractivity contribution in [2.45, 2.75) is 32.3 Å². The van der Waals surface area contributed by atoms with Crippen molar-refractivity contribution in [3.8, 4) is 0 Å². The molecule has 0 fully saturated rings. The van der Waals surface area contributed by atoms with E-state index >= 15 is 0 Å². The van der Waals surface area contributed by atoms with Gasteiger partial charge < -0.3 is 0 Å². The minimum absolute atomic E-state index is 0.264. The van der Waals surface area contributed by atoms with Gasteiger partial charge >= 0.3 is 0 Å². The van der Waals surface area contributed by atoms with Gasteiger partial charge in [0.25, 0.3) is 0 Å². The van der Waals surface area contributed by atoms with Crippen LogP contribution in [-0.4, -0.2) is 11.9 Å². The van der Waals surface area contributed by atoms with Gasteiger partial charge in [0.15, 0.2) is 0 Å². The Kier molecular flexibility index (Phi) is 1.41. The van der Waals surface area contributed by atoms with Crippen LogP contribution in [0.25, 0.3) is 0 Å². The van der Waals surface area contributed by atoms with Gasteiger partial charge in [-0.1, -0.05) is 32.3 Å². The number of hydrogen-bond acceptors (Lipinski definition) is 0. The van der Waals surface area contributed by atoms with Crippen molar-refractivity contribution >= 4 is 9.38 Å². The molecule has 0 N–H and O–H groups in total. The minimum Gasteiger partial charge on any atom is -0.0748 e. The molecule has 0 aliphatic carbocycles. The van der Waals surface area contributed by atoms with Crippen LogP contribution in [0.3, 0.4) is 0 Å². The molecule has 0 rings (SSSR count). The van der Waals surface area contributed by atoms with E-state index in [1.807, 2.05) is 6.92 Å². The first-order chi connectivity index (χ1) is 4.81. The average molecular weight is 107 g/mol. The normalized spacial score (nSPS) is 25.8. The molecule has 6 heavy (non-hydrogen) atoms. The molecule has 0 aromatic heterocycles. The van der Waals surface area contributed by atoms with Crippen LogP contribution < -0.4 is 0 Å². The summed E-state index contributed by atoms with van der Waals surface area (Å²) in [6.07, 6.45) is 1.56. The summed E-state index contributed by atoms with van der Waals surface area (Å²) in [7, 11) is -3.43. The van der Waals surface area contributed by atoms with E-state index < -0.39 is 15.9 Å². The lowest BCUT2D eigenvalue weighted by Crippen LogP contribution is -1.76. The van der Waals surface area contributed by atoms with Gasteiger partial charge in [0.1, 0.15) is 0 Å². The topological polar surface area (TPSA) is 0 Å². The third-order valence-electron chi connectivity index (χ3n) is 0.655. The second kappa shape index (κ2) is 5.22.